The van der Waals surface area contributed by atoms with Crippen molar-refractivity contribution in [3.63, 3.8) is 0 Å². The summed E-state index contributed by atoms with van der Waals surface area (Å²) in [4.78, 5) is 0. The molecule has 2 unspecified atom stereocenters. The maximum Gasteiger partial charge on any atom is 0.182 e. The standard InChI is InChI=1S/C10H9F3S/c1-5-6(2)9(12)10(13)8(14)4-3-7(5)11/h7-8,14H,1-2H3/b6-5-,10-9-. The molecule has 0 aromatic rings. The fraction of sp³-hybridized carbons (Fsp3) is 0.400. The summed E-state index contributed by atoms with van der Waals surface area (Å²) in [6, 6.07) is 0. The van der Waals surface area contributed by atoms with Crippen LogP contribution in [-0.4, -0.2) is 11.4 Å². The van der Waals surface area contributed by atoms with Crippen LogP contribution in [0.1, 0.15) is 13.8 Å². The van der Waals surface area contributed by atoms with Crippen LogP contribution < -0.4 is 0 Å². The van der Waals surface area contributed by atoms with E-state index < -0.39 is 23.1 Å². The number of thiol groups is 1. The molecule has 0 N–H and O–H groups in total. The van der Waals surface area contributed by atoms with Gasteiger partial charge in [-0.3, -0.25) is 0 Å². The van der Waals surface area contributed by atoms with Gasteiger partial charge in [0, 0.05) is 0 Å². The summed E-state index contributed by atoms with van der Waals surface area (Å²) in [7, 11) is 0. The zero-order chi connectivity index (χ0) is 10.9. The van der Waals surface area contributed by atoms with Gasteiger partial charge in [0.15, 0.2) is 17.8 Å². The first kappa shape index (κ1) is 11.3. The van der Waals surface area contributed by atoms with E-state index in [-0.39, 0.29) is 11.1 Å². The highest BCUT2D eigenvalue weighted by Crippen LogP contribution is 2.27. The van der Waals surface area contributed by atoms with E-state index in [0.29, 0.717) is 0 Å². The fourth-order valence-electron chi connectivity index (χ4n) is 0.986. The molecule has 2 atom stereocenters. The van der Waals surface area contributed by atoms with Crippen LogP contribution in [0.4, 0.5) is 13.2 Å². The van der Waals surface area contributed by atoms with E-state index in [1.54, 1.807) is 0 Å². The third-order valence-electron chi connectivity index (χ3n) is 2.10. The van der Waals surface area contributed by atoms with Gasteiger partial charge in [-0.2, -0.15) is 12.6 Å². The van der Waals surface area contributed by atoms with Gasteiger partial charge in [0.1, 0.15) is 5.25 Å². The molecule has 0 fully saturated rings. The summed E-state index contributed by atoms with van der Waals surface area (Å²) in [5.41, 5.74) is 0.0634. The van der Waals surface area contributed by atoms with Crippen molar-refractivity contribution in [2.45, 2.75) is 25.3 Å². The number of rotatable bonds is 0. The average Bonchev–Trinajstić information content (AvgIpc) is 2.19. The van der Waals surface area contributed by atoms with E-state index in [9.17, 15) is 13.2 Å². The van der Waals surface area contributed by atoms with Crippen LogP contribution in [0.5, 0.6) is 0 Å². The van der Waals surface area contributed by atoms with E-state index in [4.69, 9.17) is 0 Å². The Labute approximate surface area is 86.3 Å². The molecule has 14 heavy (non-hydrogen) atoms. The monoisotopic (exact) mass is 218 g/mol. The minimum Gasteiger partial charge on any atom is -0.228 e. The SMILES string of the molecule is CC1=C(\C)C(F)C#CC(S)/C(F)=C\1F. The summed E-state index contributed by atoms with van der Waals surface area (Å²) in [5.74, 6) is 2.26. The minimum atomic E-state index is -1.55. The van der Waals surface area contributed by atoms with Crippen LogP contribution in [0.3, 0.4) is 0 Å². The molecule has 1 aliphatic carbocycles. The largest absolute Gasteiger partial charge is 0.228 e. The first-order valence-electron chi connectivity index (χ1n) is 4.01. The predicted molar refractivity (Wildman–Crippen MR) is 53.1 cm³/mol. The lowest BCUT2D eigenvalue weighted by atomic mass is 10.0. The number of allylic oxidation sites excluding steroid dienone is 3. The van der Waals surface area contributed by atoms with Crippen molar-refractivity contribution < 1.29 is 13.2 Å². The highest BCUT2D eigenvalue weighted by molar-refractivity contribution is 7.81. The Balaban J connectivity index is 3.33. The van der Waals surface area contributed by atoms with Crippen LogP contribution in [-0.2, 0) is 0 Å². The van der Waals surface area contributed by atoms with Gasteiger partial charge < -0.3 is 0 Å². The van der Waals surface area contributed by atoms with Gasteiger partial charge in [-0.1, -0.05) is 11.8 Å². The Morgan fingerprint density at radius 2 is 1.79 bits per heavy atom. The number of hydrogen-bond donors (Lipinski definition) is 1. The molecule has 0 aromatic heterocycles. The Morgan fingerprint density at radius 1 is 1.21 bits per heavy atom. The van der Waals surface area contributed by atoms with Crippen molar-refractivity contribution in [2.24, 2.45) is 0 Å². The van der Waals surface area contributed by atoms with Crippen LogP contribution >= 0.6 is 12.6 Å². The average molecular weight is 218 g/mol. The lowest BCUT2D eigenvalue weighted by Crippen LogP contribution is -2.08. The van der Waals surface area contributed by atoms with Crippen LogP contribution in [0.2, 0.25) is 0 Å². The number of hydrogen-bond acceptors (Lipinski definition) is 1. The molecule has 0 aliphatic heterocycles. The molecule has 0 saturated heterocycles. The molecule has 1 aliphatic rings. The molecule has 0 bridgehead atoms. The summed E-state index contributed by atoms with van der Waals surface area (Å²) < 4.78 is 39.5. The van der Waals surface area contributed by atoms with Crippen molar-refractivity contribution in [2.75, 3.05) is 0 Å². The third kappa shape index (κ3) is 1.98. The third-order valence-corrected chi connectivity index (χ3v) is 2.45. The molecule has 0 nitrogen and oxygen atoms in total. The molecule has 1 rings (SSSR count). The molecular formula is C10H9F3S. The molecule has 0 heterocycles. The molecule has 0 spiro atoms. The Bertz CT molecular complexity index is 337. The van der Waals surface area contributed by atoms with Crippen molar-refractivity contribution >= 4 is 12.6 Å². The summed E-state index contributed by atoms with van der Waals surface area (Å²) >= 11 is 3.71. The van der Waals surface area contributed by atoms with E-state index in [1.165, 1.54) is 13.8 Å². The molecule has 0 amide bonds. The maximum absolute atomic E-state index is 13.2. The van der Waals surface area contributed by atoms with Crippen molar-refractivity contribution in [1.82, 2.24) is 0 Å². The quantitative estimate of drug-likeness (QED) is 0.468. The molecule has 0 radical (unpaired) electrons. The van der Waals surface area contributed by atoms with Gasteiger partial charge in [-0.25, -0.2) is 13.2 Å². The Morgan fingerprint density at radius 3 is 2.36 bits per heavy atom. The van der Waals surface area contributed by atoms with Crippen molar-refractivity contribution in [3.8, 4) is 11.8 Å². The number of halogens is 3. The smallest absolute Gasteiger partial charge is 0.182 e. The fourth-order valence-corrected chi connectivity index (χ4v) is 1.17. The van der Waals surface area contributed by atoms with E-state index in [2.05, 4.69) is 24.5 Å². The lowest BCUT2D eigenvalue weighted by Gasteiger charge is -2.11. The molecule has 0 saturated carbocycles. The molecule has 0 aromatic carbocycles. The van der Waals surface area contributed by atoms with Gasteiger partial charge in [-0.15, -0.1) is 0 Å². The van der Waals surface area contributed by atoms with Crippen LogP contribution in [0, 0.1) is 11.8 Å². The topological polar surface area (TPSA) is 0 Å². The summed E-state index contributed by atoms with van der Waals surface area (Å²) in [6.45, 7) is 2.71. The second kappa shape index (κ2) is 4.14. The minimum absolute atomic E-state index is 0.0388. The molecular weight excluding hydrogens is 209 g/mol. The molecule has 76 valence electrons. The number of alkyl halides is 1. The van der Waals surface area contributed by atoms with E-state index in [0.717, 1.165) is 0 Å². The second-order valence-electron chi connectivity index (χ2n) is 3.02. The van der Waals surface area contributed by atoms with Gasteiger partial charge in [-0.05, 0) is 25.0 Å². The van der Waals surface area contributed by atoms with Crippen LogP contribution in [0.15, 0.2) is 22.8 Å². The normalized spacial score (nSPS) is 38.4. The Hall–Kier alpha value is -0.820. The maximum atomic E-state index is 13.2. The second-order valence-corrected chi connectivity index (χ2v) is 3.54. The first-order valence-corrected chi connectivity index (χ1v) is 4.53. The van der Waals surface area contributed by atoms with Crippen LogP contribution in [0.25, 0.3) is 0 Å². The van der Waals surface area contributed by atoms with Gasteiger partial charge in [0.25, 0.3) is 0 Å². The lowest BCUT2D eigenvalue weighted by molar-refractivity contribution is 0.453. The predicted octanol–water partition coefficient (Wildman–Crippen LogP) is 3.13. The molecule has 4 heteroatoms. The van der Waals surface area contributed by atoms with Crippen molar-refractivity contribution in [1.29, 1.82) is 0 Å². The first-order chi connectivity index (χ1) is 6.45. The highest BCUT2D eigenvalue weighted by Gasteiger charge is 2.21. The van der Waals surface area contributed by atoms with Gasteiger partial charge >= 0.3 is 0 Å². The van der Waals surface area contributed by atoms with Gasteiger partial charge in [0.2, 0.25) is 0 Å². The zero-order valence-corrected chi connectivity index (χ0v) is 8.63. The summed E-state index contributed by atoms with van der Waals surface area (Å²) in [6.07, 6.45) is -1.55. The van der Waals surface area contributed by atoms with Crippen molar-refractivity contribution in [3.05, 3.63) is 22.8 Å². The van der Waals surface area contributed by atoms with E-state index >= 15 is 0 Å². The summed E-state index contributed by atoms with van der Waals surface area (Å²) in [5, 5.41) is -1.18. The van der Waals surface area contributed by atoms with Gasteiger partial charge in [0.05, 0.1) is 0 Å². The highest BCUT2D eigenvalue weighted by atomic mass is 32.1. The zero-order valence-electron chi connectivity index (χ0n) is 7.74. The van der Waals surface area contributed by atoms with E-state index in [1.807, 2.05) is 0 Å². The Kier molecular flexibility index (Phi) is 3.33.